The summed E-state index contributed by atoms with van der Waals surface area (Å²) in [5.74, 6) is 0.353. The average molecular weight is 266 g/mol. The van der Waals surface area contributed by atoms with Crippen LogP contribution in [0.1, 0.15) is 18.4 Å². The van der Waals surface area contributed by atoms with Gasteiger partial charge < -0.3 is 15.1 Å². The maximum Gasteiger partial charge on any atom is 0.275 e. The van der Waals surface area contributed by atoms with Gasteiger partial charge in [0, 0.05) is 31.5 Å². The predicted molar refractivity (Wildman–Crippen MR) is 71.0 cm³/mol. The number of hydrogen-bond donors (Lipinski definition) is 2. The van der Waals surface area contributed by atoms with Crippen molar-refractivity contribution < 1.29 is 15.1 Å². The molecule has 0 saturated carbocycles. The topological polar surface area (TPSA) is 86.8 Å². The lowest BCUT2D eigenvalue weighted by molar-refractivity contribution is -0.385. The van der Waals surface area contributed by atoms with Crippen molar-refractivity contribution >= 4 is 11.4 Å². The molecule has 19 heavy (non-hydrogen) atoms. The lowest BCUT2D eigenvalue weighted by Crippen LogP contribution is -2.34. The van der Waals surface area contributed by atoms with Crippen molar-refractivity contribution in [3.05, 3.63) is 33.9 Å². The largest absolute Gasteiger partial charge is 0.396 e. The SMILES string of the molecule is O=[N+]([O-])c1ccc(N2CCC(CO)CC2)cc1CO. The molecule has 1 fully saturated rings. The molecule has 1 aromatic rings. The molecule has 104 valence electrons. The number of benzene rings is 1. The third-order valence-corrected chi connectivity index (χ3v) is 3.67. The van der Waals surface area contributed by atoms with E-state index in [0.29, 0.717) is 11.5 Å². The average Bonchev–Trinajstić information content (AvgIpc) is 2.46. The van der Waals surface area contributed by atoms with Crippen molar-refractivity contribution in [3.8, 4) is 0 Å². The van der Waals surface area contributed by atoms with Crippen LogP contribution in [0.2, 0.25) is 0 Å². The summed E-state index contributed by atoms with van der Waals surface area (Å²) in [6, 6.07) is 4.84. The summed E-state index contributed by atoms with van der Waals surface area (Å²) in [6.07, 6.45) is 1.84. The van der Waals surface area contributed by atoms with Gasteiger partial charge in [-0.25, -0.2) is 0 Å². The van der Waals surface area contributed by atoms with Gasteiger partial charge in [-0.2, -0.15) is 0 Å². The van der Waals surface area contributed by atoms with Crippen molar-refractivity contribution in [1.82, 2.24) is 0 Å². The smallest absolute Gasteiger partial charge is 0.275 e. The monoisotopic (exact) mass is 266 g/mol. The third-order valence-electron chi connectivity index (χ3n) is 3.67. The van der Waals surface area contributed by atoms with Crippen LogP contribution in [-0.2, 0) is 6.61 Å². The van der Waals surface area contributed by atoms with E-state index in [-0.39, 0.29) is 18.9 Å². The Labute approximate surface area is 111 Å². The number of nitro groups is 1. The first-order valence-electron chi connectivity index (χ1n) is 6.39. The van der Waals surface area contributed by atoms with E-state index in [0.717, 1.165) is 31.6 Å². The fraction of sp³-hybridized carbons (Fsp3) is 0.538. The van der Waals surface area contributed by atoms with E-state index in [4.69, 9.17) is 5.11 Å². The Kier molecular flexibility index (Phi) is 4.34. The van der Waals surface area contributed by atoms with Crippen LogP contribution in [0.5, 0.6) is 0 Å². The zero-order chi connectivity index (χ0) is 13.8. The van der Waals surface area contributed by atoms with Crippen LogP contribution in [0.4, 0.5) is 11.4 Å². The first-order valence-corrected chi connectivity index (χ1v) is 6.39. The van der Waals surface area contributed by atoms with Gasteiger partial charge in [0.1, 0.15) is 0 Å². The second-order valence-electron chi connectivity index (χ2n) is 4.84. The van der Waals surface area contributed by atoms with Gasteiger partial charge in [0.25, 0.3) is 5.69 Å². The Morgan fingerprint density at radius 2 is 2.00 bits per heavy atom. The van der Waals surface area contributed by atoms with Gasteiger partial charge in [-0.1, -0.05) is 0 Å². The molecule has 1 aliphatic heterocycles. The van der Waals surface area contributed by atoms with Gasteiger partial charge in [0.15, 0.2) is 0 Å². The summed E-state index contributed by atoms with van der Waals surface area (Å²) in [4.78, 5) is 12.5. The maximum atomic E-state index is 10.8. The molecule has 0 aromatic heterocycles. The van der Waals surface area contributed by atoms with Crippen LogP contribution >= 0.6 is 0 Å². The molecule has 0 atom stereocenters. The first-order chi connectivity index (χ1) is 9.15. The second-order valence-corrected chi connectivity index (χ2v) is 4.84. The van der Waals surface area contributed by atoms with Crippen LogP contribution in [0.25, 0.3) is 0 Å². The van der Waals surface area contributed by atoms with E-state index < -0.39 is 4.92 Å². The molecule has 0 aliphatic carbocycles. The molecule has 2 rings (SSSR count). The molecule has 0 bridgehead atoms. The zero-order valence-electron chi connectivity index (χ0n) is 10.7. The quantitative estimate of drug-likeness (QED) is 0.633. The van der Waals surface area contributed by atoms with Gasteiger partial charge in [-0.3, -0.25) is 10.1 Å². The predicted octanol–water partition coefficient (Wildman–Crippen LogP) is 1.30. The molecule has 0 unspecified atom stereocenters. The van der Waals surface area contributed by atoms with E-state index in [1.807, 2.05) is 0 Å². The summed E-state index contributed by atoms with van der Waals surface area (Å²) < 4.78 is 0. The van der Waals surface area contributed by atoms with E-state index in [9.17, 15) is 15.2 Å². The van der Waals surface area contributed by atoms with Crippen LogP contribution in [0, 0.1) is 16.0 Å². The molecule has 0 amide bonds. The minimum atomic E-state index is -0.479. The molecule has 0 spiro atoms. The van der Waals surface area contributed by atoms with E-state index >= 15 is 0 Å². The highest BCUT2D eigenvalue weighted by atomic mass is 16.6. The summed E-state index contributed by atoms with van der Waals surface area (Å²) in [5, 5.41) is 29.1. The number of aliphatic hydroxyl groups is 2. The normalized spacial score (nSPS) is 16.6. The Balaban J connectivity index is 2.15. The number of nitrogens with zero attached hydrogens (tertiary/aromatic N) is 2. The standard InChI is InChI=1S/C13H18N2O4/c16-8-10-3-5-14(6-4-10)12-1-2-13(15(18)19)11(7-12)9-17/h1-2,7,10,16-17H,3-6,8-9H2. The molecular weight excluding hydrogens is 248 g/mol. The van der Waals surface area contributed by atoms with Crippen molar-refractivity contribution in [2.75, 3.05) is 24.6 Å². The minimum Gasteiger partial charge on any atom is -0.396 e. The van der Waals surface area contributed by atoms with E-state index in [1.54, 1.807) is 12.1 Å². The third kappa shape index (κ3) is 3.02. The Bertz CT molecular complexity index is 456. The number of rotatable bonds is 4. The molecule has 1 saturated heterocycles. The van der Waals surface area contributed by atoms with Gasteiger partial charge in [0.05, 0.1) is 17.1 Å². The van der Waals surface area contributed by atoms with Crippen molar-refractivity contribution in [2.45, 2.75) is 19.4 Å². The van der Waals surface area contributed by atoms with Gasteiger partial charge in [-0.15, -0.1) is 0 Å². The van der Waals surface area contributed by atoms with Crippen LogP contribution in [-0.4, -0.2) is 34.8 Å². The highest BCUT2D eigenvalue weighted by Crippen LogP contribution is 2.28. The molecule has 6 heteroatoms. The molecule has 1 aromatic carbocycles. The molecular formula is C13H18N2O4. The van der Waals surface area contributed by atoms with Crippen molar-refractivity contribution in [3.63, 3.8) is 0 Å². The summed E-state index contributed by atoms with van der Waals surface area (Å²) in [5.41, 5.74) is 1.19. The number of nitro benzene ring substituents is 1. The van der Waals surface area contributed by atoms with Crippen LogP contribution < -0.4 is 4.90 Å². The molecule has 1 heterocycles. The first kappa shape index (κ1) is 13.8. The van der Waals surface area contributed by atoms with Crippen LogP contribution in [0.3, 0.4) is 0 Å². The van der Waals surface area contributed by atoms with E-state index in [1.165, 1.54) is 6.07 Å². The van der Waals surface area contributed by atoms with Crippen LogP contribution in [0.15, 0.2) is 18.2 Å². The van der Waals surface area contributed by atoms with Crippen molar-refractivity contribution in [2.24, 2.45) is 5.92 Å². The summed E-state index contributed by atoms with van der Waals surface area (Å²) >= 11 is 0. The fourth-order valence-electron chi connectivity index (χ4n) is 2.45. The molecule has 0 radical (unpaired) electrons. The molecule has 1 aliphatic rings. The van der Waals surface area contributed by atoms with Gasteiger partial charge >= 0.3 is 0 Å². The molecule has 2 N–H and O–H groups in total. The Morgan fingerprint density at radius 3 is 2.53 bits per heavy atom. The van der Waals surface area contributed by atoms with Crippen molar-refractivity contribution in [1.29, 1.82) is 0 Å². The summed E-state index contributed by atoms with van der Waals surface area (Å²) in [7, 11) is 0. The lowest BCUT2D eigenvalue weighted by atomic mass is 9.97. The maximum absolute atomic E-state index is 10.8. The number of anilines is 1. The highest BCUT2D eigenvalue weighted by molar-refractivity contribution is 5.55. The lowest BCUT2D eigenvalue weighted by Gasteiger charge is -2.33. The zero-order valence-corrected chi connectivity index (χ0v) is 10.7. The summed E-state index contributed by atoms with van der Waals surface area (Å²) in [6.45, 7) is 1.54. The van der Waals surface area contributed by atoms with Gasteiger partial charge in [0.2, 0.25) is 0 Å². The second kappa shape index (κ2) is 5.99. The minimum absolute atomic E-state index is 0.0449. The van der Waals surface area contributed by atoms with E-state index in [2.05, 4.69) is 4.90 Å². The van der Waals surface area contributed by atoms with Gasteiger partial charge in [-0.05, 0) is 30.9 Å². The number of aliphatic hydroxyl groups excluding tert-OH is 2. The number of hydrogen-bond acceptors (Lipinski definition) is 5. The Hall–Kier alpha value is -1.66. The number of piperidine rings is 1. The Morgan fingerprint density at radius 1 is 1.32 bits per heavy atom. The highest BCUT2D eigenvalue weighted by Gasteiger charge is 2.21. The fourth-order valence-corrected chi connectivity index (χ4v) is 2.45. The molecule has 6 nitrogen and oxygen atoms in total.